The third-order valence-electron chi connectivity index (χ3n) is 3.25. The van der Waals surface area contributed by atoms with Gasteiger partial charge in [0.2, 0.25) is 0 Å². The van der Waals surface area contributed by atoms with Crippen LogP contribution in [0.1, 0.15) is 50.4 Å². The molecule has 8 heteroatoms. The van der Waals surface area contributed by atoms with Crippen LogP contribution in [0.2, 0.25) is 0 Å². The van der Waals surface area contributed by atoms with E-state index < -0.39 is 26.4 Å². The number of carbonyl (C=O) groups excluding carboxylic acids is 2. The van der Waals surface area contributed by atoms with Crippen LogP contribution in [0, 0.1) is 5.41 Å². The summed E-state index contributed by atoms with van der Waals surface area (Å²) in [4.78, 5) is 23.0. The van der Waals surface area contributed by atoms with Gasteiger partial charge in [-0.3, -0.25) is 9.35 Å². The van der Waals surface area contributed by atoms with Gasteiger partial charge in [0.25, 0.3) is 10.1 Å². The monoisotopic (exact) mass is 372 g/mol. The van der Waals surface area contributed by atoms with Crippen molar-refractivity contribution in [1.82, 2.24) is 0 Å². The molecule has 25 heavy (non-hydrogen) atoms. The Hall–Kier alpha value is -1.93. The van der Waals surface area contributed by atoms with Gasteiger partial charge in [-0.05, 0) is 52.2 Å². The summed E-state index contributed by atoms with van der Waals surface area (Å²) in [6.07, 6.45) is 1.87. The van der Waals surface area contributed by atoms with Crippen molar-refractivity contribution in [2.75, 3.05) is 13.2 Å². The van der Waals surface area contributed by atoms with Crippen molar-refractivity contribution in [2.45, 2.75) is 44.9 Å². The molecular formula is C17H24O7S. The van der Waals surface area contributed by atoms with E-state index in [1.54, 1.807) is 20.8 Å². The minimum Gasteiger partial charge on any atom is -0.465 e. The molecule has 0 aliphatic rings. The second kappa shape index (κ2) is 8.96. The Kier molecular flexibility index (Phi) is 7.57. The van der Waals surface area contributed by atoms with E-state index >= 15 is 0 Å². The lowest BCUT2D eigenvalue weighted by atomic mass is 9.97. The summed E-state index contributed by atoms with van der Waals surface area (Å²) < 4.78 is 41.7. The van der Waals surface area contributed by atoms with Crippen molar-refractivity contribution >= 4 is 22.1 Å². The summed E-state index contributed by atoms with van der Waals surface area (Å²) in [5, 5.41) is 0. The highest BCUT2D eigenvalue weighted by atomic mass is 32.2. The van der Waals surface area contributed by atoms with Crippen LogP contribution in [0.4, 0.5) is 0 Å². The Bertz CT molecular complexity index is 702. The van der Waals surface area contributed by atoms with Crippen LogP contribution in [0.15, 0.2) is 29.2 Å². The van der Waals surface area contributed by atoms with Gasteiger partial charge in [-0.15, -0.1) is 0 Å². The Morgan fingerprint density at radius 3 is 2.12 bits per heavy atom. The van der Waals surface area contributed by atoms with E-state index in [0.29, 0.717) is 25.9 Å². The Labute approximate surface area is 148 Å². The summed E-state index contributed by atoms with van der Waals surface area (Å²) >= 11 is 0. The molecule has 0 radical (unpaired) electrons. The Morgan fingerprint density at radius 2 is 1.56 bits per heavy atom. The highest BCUT2D eigenvalue weighted by Crippen LogP contribution is 2.17. The third kappa shape index (κ3) is 7.23. The maximum Gasteiger partial charge on any atom is 0.339 e. The van der Waals surface area contributed by atoms with Crippen molar-refractivity contribution in [2.24, 2.45) is 5.41 Å². The van der Waals surface area contributed by atoms with Crippen molar-refractivity contribution in [3.8, 4) is 0 Å². The first kappa shape index (κ1) is 21.1. The van der Waals surface area contributed by atoms with Gasteiger partial charge in [0, 0.05) is 0 Å². The molecule has 0 amide bonds. The van der Waals surface area contributed by atoms with Crippen LogP contribution in [0.25, 0.3) is 0 Å². The highest BCUT2D eigenvalue weighted by molar-refractivity contribution is 7.86. The summed E-state index contributed by atoms with van der Waals surface area (Å²) in [6.45, 7) is 5.74. The molecule has 1 rings (SSSR count). The molecule has 0 bridgehead atoms. The normalized spacial score (nSPS) is 11.8. The predicted octanol–water partition coefficient (Wildman–Crippen LogP) is 2.85. The summed E-state index contributed by atoms with van der Waals surface area (Å²) in [6, 6.07) is 5.29. The van der Waals surface area contributed by atoms with Gasteiger partial charge >= 0.3 is 11.9 Å². The van der Waals surface area contributed by atoms with Crippen molar-refractivity contribution in [1.29, 1.82) is 0 Å². The van der Waals surface area contributed by atoms with Crippen LogP contribution < -0.4 is 0 Å². The van der Waals surface area contributed by atoms with Gasteiger partial charge in [0.05, 0.1) is 24.2 Å². The minimum atomic E-state index is -4.49. The zero-order valence-electron chi connectivity index (χ0n) is 14.6. The van der Waals surface area contributed by atoms with Crippen LogP contribution in [0.5, 0.6) is 0 Å². The highest BCUT2D eigenvalue weighted by Gasteiger charge is 2.23. The average Bonchev–Trinajstić information content (AvgIpc) is 2.51. The summed E-state index contributed by atoms with van der Waals surface area (Å²) in [5.41, 5.74) is -0.736. The molecule has 0 heterocycles. The molecule has 0 saturated heterocycles. The minimum absolute atomic E-state index is 0.103. The van der Waals surface area contributed by atoms with Crippen molar-refractivity contribution < 1.29 is 32.0 Å². The molecule has 0 fully saturated rings. The fourth-order valence-electron chi connectivity index (χ4n) is 1.87. The molecule has 0 aromatic heterocycles. The number of carbonyl (C=O) groups is 2. The topological polar surface area (TPSA) is 107 Å². The van der Waals surface area contributed by atoms with Gasteiger partial charge in [0.1, 0.15) is 4.90 Å². The molecule has 0 atom stereocenters. The molecule has 0 saturated carbocycles. The average molecular weight is 372 g/mol. The maximum atomic E-state index is 11.9. The summed E-state index contributed by atoms with van der Waals surface area (Å²) in [5.74, 6) is -1.08. The molecule has 1 aromatic rings. The standard InChI is InChI=1S/C17H24O7S/c1-17(2,3)16(19)24-12-8-4-7-11-23-15(18)13-9-5-6-10-14(13)25(20,21)22/h5-6,9-10H,4,7-8,11-12H2,1-3H3,(H,20,21,22). The largest absolute Gasteiger partial charge is 0.465 e. The molecular weight excluding hydrogens is 348 g/mol. The van der Waals surface area contributed by atoms with Gasteiger partial charge in [-0.2, -0.15) is 8.42 Å². The lowest BCUT2D eigenvalue weighted by Gasteiger charge is -2.16. The second-order valence-electron chi connectivity index (χ2n) is 6.55. The first-order chi connectivity index (χ1) is 11.5. The van der Waals surface area contributed by atoms with Gasteiger partial charge in [-0.25, -0.2) is 4.79 Å². The van der Waals surface area contributed by atoms with Gasteiger partial charge < -0.3 is 9.47 Å². The number of rotatable bonds is 8. The van der Waals surface area contributed by atoms with Crippen LogP contribution >= 0.6 is 0 Å². The zero-order chi connectivity index (χ0) is 19.1. The number of hydrogen-bond donors (Lipinski definition) is 1. The second-order valence-corrected chi connectivity index (χ2v) is 7.94. The molecule has 0 aliphatic carbocycles. The Morgan fingerprint density at radius 1 is 1.00 bits per heavy atom. The molecule has 1 aromatic carbocycles. The number of esters is 2. The molecule has 0 spiro atoms. The van der Waals surface area contributed by atoms with E-state index in [0.717, 1.165) is 6.07 Å². The lowest BCUT2D eigenvalue weighted by molar-refractivity contribution is -0.153. The fourth-order valence-corrected chi connectivity index (χ4v) is 2.54. The number of ether oxygens (including phenoxy) is 2. The number of benzene rings is 1. The quantitative estimate of drug-likeness (QED) is 0.425. The Balaban J connectivity index is 2.34. The number of hydrogen-bond acceptors (Lipinski definition) is 6. The molecule has 0 unspecified atom stereocenters. The van der Waals surface area contributed by atoms with E-state index in [-0.39, 0.29) is 18.1 Å². The smallest absolute Gasteiger partial charge is 0.339 e. The van der Waals surface area contributed by atoms with Crippen LogP contribution in [-0.4, -0.2) is 38.1 Å². The maximum absolute atomic E-state index is 11.9. The molecule has 140 valence electrons. The van der Waals surface area contributed by atoms with Crippen LogP contribution in [-0.2, 0) is 24.4 Å². The van der Waals surface area contributed by atoms with E-state index in [4.69, 9.17) is 14.0 Å². The van der Waals surface area contributed by atoms with Gasteiger partial charge in [-0.1, -0.05) is 12.1 Å². The first-order valence-corrected chi connectivity index (χ1v) is 9.38. The van der Waals surface area contributed by atoms with E-state index in [2.05, 4.69) is 0 Å². The zero-order valence-corrected chi connectivity index (χ0v) is 15.5. The van der Waals surface area contributed by atoms with Crippen LogP contribution in [0.3, 0.4) is 0 Å². The summed E-state index contributed by atoms with van der Waals surface area (Å²) in [7, 11) is -4.49. The lowest BCUT2D eigenvalue weighted by Crippen LogP contribution is -2.23. The molecule has 7 nitrogen and oxygen atoms in total. The molecule has 0 aliphatic heterocycles. The predicted molar refractivity (Wildman–Crippen MR) is 90.8 cm³/mol. The molecule has 1 N–H and O–H groups in total. The van der Waals surface area contributed by atoms with Crippen molar-refractivity contribution in [3.05, 3.63) is 29.8 Å². The SMILES string of the molecule is CC(C)(C)C(=O)OCCCCCOC(=O)c1ccccc1S(=O)(=O)O. The van der Waals surface area contributed by atoms with E-state index in [9.17, 15) is 18.0 Å². The van der Waals surface area contributed by atoms with E-state index in [1.807, 2.05) is 0 Å². The van der Waals surface area contributed by atoms with Crippen molar-refractivity contribution in [3.63, 3.8) is 0 Å². The van der Waals surface area contributed by atoms with Gasteiger partial charge in [0.15, 0.2) is 0 Å². The fraction of sp³-hybridized carbons (Fsp3) is 0.529. The third-order valence-corrected chi connectivity index (χ3v) is 4.16. The first-order valence-electron chi connectivity index (χ1n) is 7.94. The number of unbranched alkanes of at least 4 members (excludes halogenated alkanes) is 2. The van der Waals surface area contributed by atoms with E-state index in [1.165, 1.54) is 18.2 Å².